The fourth-order valence-corrected chi connectivity index (χ4v) is 21.5. The molecule has 0 amide bonds. The van der Waals surface area contributed by atoms with Crippen molar-refractivity contribution < 1.29 is 91.6 Å². The first-order valence-corrected chi connectivity index (χ1v) is 50.3. The SMILES string of the molecule is CC(C)c1cccc(C(C)C)c1-c1cnn(-c2[c-]c3c(cc2)Oc2cccc4c2B3c2[c-]c(N3C=CN(c5ccccc5)[CH-]3)ccc2O4)c1.CC(C)c1cccc(C(C)C)c1-c1cnn(-c2[c-]c3c(cc2)Oc2cncc4c2B3c2[c-]c(N3C=CN(c5ccccc5)[CH-]3)ccc2O4)c1.CC(C)c1cccc(C(C)C)c1-c1cnn(-c2[c-]c3c(cc2)Oc2nccc4c2B3c2[c-]c(N3C=CN(c5ccccc5)[CH-]3)ccc2O4)c1.[Pt].[Pt].[Pt]. The molecule has 0 radical (unpaired) electrons. The molecule has 18 aromatic rings. The first-order valence-electron chi connectivity index (χ1n) is 50.3. The van der Waals surface area contributed by atoms with Gasteiger partial charge in [0.15, 0.2) is 0 Å². The number of nitrogens with zero attached hydrogens (tertiary/aromatic N) is 14. The van der Waals surface area contributed by atoms with Crippen LogP contribution in [0.15, 0.2) is 336 Å². The summed E-state index contributed by atoms with van der Waals surface area (Å²) in [7, 11) is 0. The summed E-state index contributed by atoms with van der Waals surface area (Å²) in [5.41, 5.74) is 31.9. The molecule has 750 valence electrons. The van der Waals surface area contributed by atoms with E-state index >= 15 is 0 Å². The van der Waals surface area contributed by atoms with Gasteiger partial charge in [0.1, 0.15) is 28.7 Å². The molecule has 13 aromatic carbocycles. The predicted octanol–water partition coefficient (Wildman–Crippen LogP) is 22.9. The number of benzene rings is 13. The first kappa shape index (κ1) is 99.5. The maximum atomic E-state index is 6.49. The average molecular weight is 2500 g/mol. The van der Waals surface area contributed by atoms with Gasteiger partial charge in [-0.1, -0.05) is 198 Å². The Morgan fingerprint density at radius 2 is 0.507 bits per heavy atom. The van der Waals surface area contributed by atoms with Gasteiger partial charge in [0.2, 0.25) is 26.0 Å². The molecule has 20 nitrogen and oxygen atoms in total. The van der Waals surface area contributed by atoms with Gasteiger partial charge in [-0.2, -0.15) is 51.7 Å². The monoisotopic (exact) mass is 2500 g/mol. The molecule has 0 aliphatic carbocycles. The number of aromatic nitrogens is 8. The second-order valence-corrected chi connectivity index (χ2v) is 40.0. The summed E-state index contributed by atoms with van der Waals surface area (Å²) in [6, 6.07) is 105. The summed E-state index contributed by atoms with van der Waals surface area (Å²) >= 11 is 0. The van der Waals surface area contributed by atoms with Crippen molar-refractivity contribution in [2.45, 2.75) is 119 Å². The van der Waals surface area contributed by atoms with Crippen LogP contribution < -0.4 is 107 Å². The number of pyridine rings is 2. The van der Waals surface area contributed by atoms with Gasteiger partial charge in [-0.15, -0.1) is 143 Å². The van der Waals surface area contributed by atoms with E-state index in [2.05, 4.69) is 301 Å². The Balaban J connectivity index is 0.000000126. The Morgan fingerprint density at radius 1 is 0.247 bits per heavy atom. The van der Waals surface area contributed by atoms with Gasteiger partial charge < -0.3 is 57.8 Å². The summed E-state index contributed by atoms with van der Waals surface area (Å²) in [5.74, 6) is 11.0. The van der Waals surface area contributed by atoms with Crippen LogP contribution in [0.3, 0.4) is 0 Å². The van der Waals surface area contributed by atoms with Crippen molar-refractivity contribution >= 4 is 103 Å². The van der Waals surface area contributed by atoms with E-state index in [-0.39, 0.29) is 83.3 Å². The summed E-state index contributed by atoms with van der Waals surface area (Å²) in [5, 5.41) is 14.6. The van der Waals surface area contributed by atoms with Crippen molar-refractivity contribution in [3.05, 3.63) is 425 Å². The smallest absolute Gasteiger partial charge is 0.210 e. The molecular formula is C124H100B3N14O6Pt3-9. The zero-order valence-corrected chi connectivity index (χ0v) is 91.2. The van der Waals surface area contributed by atoms with E-state index in [0.717, 1.165) is 163 Å². The van der Waals surface area contributed by atoms with Crippen LogP contribution in [0.4, 0.5) is 34.1 Å². The molecule has 0 N–H and O–H groups in total. The largest absolute Gasteiger partial charge is 0.518 e. The topological polar surface area (TPSA) is 154 Å². The average Bonchev–Trinajstić information content (AvgIpc) is 0.814. The van der Waals surface area contributed by atoms with Gasteiger partial charge >= 0.3 is 0 Å². The molecule has 9 aliphatic heterocycles. The van der Waals surface area contributed by atoms with E-state index in [9.17, 15) is 0 Å². The normalized spacial score (nSPS) is 13.8. The van der Waals surface area contributed by atoms with Crippen molar-refractivity contribution in [1.29, 1.82) is 0 Å². The third-order valence-electron chi connectivity index (χ3n) is 28.7. The minimum Gasteiger partial charge on any atom is -0.518 e. The summed E-state index contributed by atoms with van der Waals surface area (Å²) < 4.78 is 44.4. The summed E-state index contributed by atoms with van der Waals surface area (Å²) in [4.78, 5) is 21.5. The zero-order valence-electron chi connectivity index (χ0n) is 84.3. The van der Waals surface area contributed by atoms with E-state index in [1.807, 2.05) is 209 Å². The number of para-hydroxylation sites is 3. The van der Waals surface area contributed by atoms with Crippen LogP contribution in [0.1, 0.15) is 152 Å². The van der Waals surface area contributed by atoms with Crippen molar-refractivity contribution in [3.8, 4) is 120 Å². The second kappa shape index (κ2) is 41.1. The third-order valence-corrected chi connectivity index (χ3v) is 28.7. The van der Waals surface area contributed by atoms with Crippen LogP contribution in [-0.2, 0) is 63.2 Å². The van der Waals surface area contributed by atoms with Crippen LogP contribution in [0.5, 0.6) is 69.1 Å². The first-order chi connectivity index (χ1) is 71.8. The fourth-order valence-electron chi connectivity index (χ4n) is 21.5. The van der Waals surface area contributed by atoms with Gasteiger partial charge in [-0.05, 0) is 194 Å². The zero-order chi connectivity index (χ0) is 99.7. The van der Waals surface area contributed by atoms with Crippen molar-refractivity contribution in [2.75, 3.05) is 29.4 Å². The van der Waals surface area contributed by atoms with Gasteiger partial charge in [-0.25, -0.2) is 4.98 Å². The number of hydrogen-bond donors (Lipinski definition) is 0. The molecule has 0 fully saturated rings. The standard InChI is InChI=1S/C42H34BN4O2.2C41H33BN5O2.3Pt/c1-27(2)33-12-8-13-34(28(3)4)41(33)29-24-44-47(25-29)32-17-19-38-36(23-32)43-35-22-31(46-21-20-45(26-46)30-10-6-5-7-11-30)16-18-37(35)48-39-14-9-15-40(49-38)42(39)43;1-26(2)32-11-8-12-33(27(3)4)40(32)28-21-44-47(24-28)31-14-16-37-35(20-31)42-34-19-30(46-18-17-45(25-46)29-9-6-5-7-10-29)13-15-36(34)48-38-22-43-23-39(49-37)41(38)42;1-26(2)32-11-8-12-33(27(3)4)39(32)28-23-44-47(24-28)31-14-16-37-35(22-31)42-34-21-30(46-20-19-45(25-46)29-9-6-5-7-10-29)13-15-36(34)48-38-17-18-43-41(49-37)40(38)42;;;/h5-21,24-28H,1-4H3;5-18,21-27H,1-4H3;5-20,23-27H,1-4H3;;;/q3*-3;;;. The minimum absolute atomic E-state index is 0. The van der Waals surface area contributed by atoms with Crippen LogP contribution in [0.25, 0.3) is 50.4 Å². The third kappa shape index (κ3) is 18.1. The molecule has 27 rings (SSSR count). The van der Waals surface area contributed by atoms with E-state index in [4.69, 9.17) is 43.7 Å². The molecule has 14 heterocycles. The summed E-state index contributed by atoms with van der Waals surface area (Å²) in [6.07, 6.45) is 29.8. The minimum atomic E-state index is -0.243. The summed E-state index contributed by atoms with van der Waals surface area (Å²) in [6.45, 7) is 32.5. The van der Waals surface area contributed by atoms with E-state index < -0.39 is 0 Å². The van der Waals surface area contributed by atoms with Crippen LogP contribution >= 0.6 is 0 Å². The Kier molecular flexibility index (Phi) is 27.2. The Labute approximate surface area is 919 Å². The fraction of sp³-hybridized carbons (Fsp3) is 0.145. The maximum Gasteiger partial charge on any atom is 0.210 e. The molecule has 0 bridgehead atoms. The molecular weight excluding hydrogens is 2400 g/mol. The molecule has 0 unspecified atom stereocenters. The van der Waals surface area contributed by atoms with Gasteiger partial charge in [0.25, 0.3) is 0 Å². The number of fused-ring (bicyclic) bond motifs is 12. The van der Waals surface area contributed by atoms with E-state index in [1.165, 1.54) is 50.1 Å². The molecule has 26 heteroatoms. The second-order valence-electron chi connectivity index (χ2n) is 40.0. The Bertz CT molecular complexity index is 7440. The van der Waals surface area contributed by atoms with E-state index in [0.29, 0.717) is 58.6 Å². The molecule has 0 atom stereocenters. The predicted molar refractivity (Wildman–Crippen MR) is 588 cm³/mol. The Morgan fingerprint density at radius 3 is 0.820 bits per heavy atom. The van der Waals surface area contributed by atoms with E-state index in [1.54, 1.807) is 18.6 Å². The quantitative estimate of drug-likeness (QED) is 0.0590. The Hall–Kier alpha value is -15.1. The van der Waals surface area contributed by atoms with Gasteiger partial charge in [-0.3, -0.25) is 19.0 Å². The molecule has 0 saturated carbocycles. The van der Waals surface area contributed by atoms with Crippen molar-refractivity contribution in [2.24, 2.45) is 0 Å². The van der Waals surface area contributed by atoms with Gasteiger partial charge in [0.05, 0.1) is 31.0 Å². The number of anilines is 6. The number of hydrogen-bond acceptors (Lipinski definition) is 17. The molecule has 9 aliphatic rings. The van der Waals surface area contributed by atoms with Crippen molar-refractivity contribution in [1.82, 2.24) is 39.3 Å². The van der Waals surface area contributed by atoms with Crippen LogP contribution in [-0.4, -0.2) is 59.4 Å². The number of ether oxygens (including phenoxy) is 6. The van der Waals surface area contributed by atoms with Crippen LogP contribution in [0.2, 0.25) is 0 Å². The number of rotatable bonds is 18. The molecule has 5 aromatic heterocycles. The van der Waals surface area contributed by atoms with Crippen LogP contribution in [0, 0.1) is 56.4 Å². The maximum absolute atomic E-state index is 6.49. The molecule has 150 heavy (non-hydrogen) atoms. The molecule has 0 spiro atoms. The van der Waals surface area contributed by atoms with Crippen molar-refractivity contribution in [3.63, 3.8) is 0 Å². The molecule has 0 saturated heterocycles. The van der Waals surface area contributed by atoms with Gasteiger partial charge in [0, 0.05) is 173 Å².